The maximum atomic E-state index is 11.4. The lowest BCUT2D eigenvalue weighted by atomic mass is 9.90. The third-order valence-corrected chi connectivity index (χ3v) is 4.84. The Labute approximate surface area is 164 Å². The molecule has 0 spiro atoms. The highest BCUT2D eigenvalue weighted by atomic mass is 16.4. The van der Waals surface area contributed by atoms with Gasteiger partial charge in [-0.25, -0.2) is 9.59 Å². The predicted molar refractivity (Wildman–Crippen MR) is 110 cm³/mol. The van der Waals surface area contributed by atoms with E-state index in [2.05, 4.69) is 0 Å². The first-order valence-electron chi connectivity index (χ1n) is 8.97. The van der Waals surface area contributed by atoms with Crippen molar-refractivity contribution in [1.82, 2.24) is 0 Å². The van der Waals surface area contributed by atoms with Crippen molar-refractivity contribution in [3.63, 3.8) is 0 Å². The third kappa shape index (κ3) is 3.81. The third-order valence-electron chi connectivity index (χ3n) is 4.84. The largest absolute Gasteiger partial charge is 0.478 e. The summed E-state index contributed by atoms with van der Waals surface area (Å²) in [6.45, 7) is 7.73. The second kappa shape index (κ2) is 7.31. The molecule has 3 rings (SSSR count). The van der Waals surface area contributed by atoms with Crippen LogP contribution in [0.4, 0.5) is 0 Å². The minimum Gasteiger partial charge on any atom is -0.478 e. The maximum Gasteiger partial charge on any atom is 0.335 e. The quantitative estimate of drug-likeness (QED) is 0.619. The fourth-order valence-corrected chi connectivity index (χ4v) is 3.56. The molecule has 0 aliphatic carbocycles. The molecule has 0 saturated heterocycles. The molecule has 0 fully saturated rings. The molecule has 4 nitrogen and oxygen atoms in total. The van der Waals surface area contributed by atoms with E-state index in [0.717, 1.165) is 44.5 Å². The summed E-state index contributed by atoms with van der Waals surface area (Å²) in [4.78, 5) is 22.8. The number of carboxylic acids is 2. The summed E-state index contributed by atoms with van der Waals surface area (Å²) in [5.74, 6) is -1.89. The topological polar surface area (TPSA) is 74.6 Å². The van der Waals surface area contributed by atoms with Crippen LogP contribution in [-0.2, 0) is 0 Å². The van der Waals surface area contributed by atoms with Gasteiger partial charge in [-0.1, -0.05) is 24.3 Å². The van der Waals surface area contributed by atoms with Crippen molar-refractivity contribution in [2.45, 2.75) is 27.7 Å². The van der Waals surface area contributed by atoms with E-state index >= 15 is 0 Å². The Kier molecular flexibility index (Phi) is 5.06. The van der Waals surface area contributed by atoms with Crippen LogP contribution in [0.5, 0.6) is 0 Å². The van der Waals surface area contributed by atoms with E-state index in [0.29, 0.717) is 0 Å². The van der Waals surface area contributed by atoms with Crippen LogP contribution in [0.1, 0.15) is 43.0 Å². The molecular weight excluding hydrogens is 352 g/mol. The summed E-state index contributed by atoms with van der Waals surface area (Å²) in [5.41, 5.74) is 7.97. The van der Waals surface area contributed by atoms with E-state index in [-0.39, 0.29) is 11.1 Å². The van der Waals surface area contributed by atoms with Gasteiger partial charge in [-0.05, 0) is 96.5 Å². The molecule has 0 bridgehead atoms. The van der Waals surface area contributed by atoms with Gasteiger partial charge >= 0.3 is 11.9 Å². The Morgan fingerprint density at radius 2 is 0.929 bits per heavy atom. The number of aryl methyl sites for hydroxylation is 4. The molecule has 0 unspecified atom stereocenters. The first-order valence-corrected chi connectivity index (χ1v) is 8.97. The molecule has 0 atom stereocenters. The van der Waals surface area contributed by atoms with E-state index < -0.39 is 11.9 Å². The molecule has 4 heteroatoms. The zero-order chi connectivity index (χ0) is 20.6. The van der Waals surface area contributed by atoms with Crippen molar-refractivity contribution in [3.8, 4) is 22.3 Å². The Hall–Kier alpha value is -3.40. The van der Waals surface area contributed by atoms with Crippen molar-refractivity contribution in [3.05, 3.63) is 81.9 Å². The number of hydrogen-bond acceptors (Lipinski definition) is 2. The number of carboxylic acid groups (broad SMARTS) is 2. The number of rotatable bonds is 4. The molecule has 2 N–H and O–H groups in total. The fraction of sp³-hybridized carbons (Fsp3) is 0.167. The summed E-state index contributed by atoms with van der Waals surface area (Å²) in [6, 6.07) is 14.7. The minimum absolute atomic E-state index is 0.265. The molecular formula is C24H22O4. The van der Waals surface area contributed by atoms with Gasteiger partial charge in [-0.2, -0.15) is 0 Å². The standard InChI is InChI=1S/C24H22O4/c1-13-5-17(11-19(7-13)23(25)26)21-9-16(4)22(10-15(21)3)18-6-14(2)8-20(12-18)24(27)28/h5-12H,1-4H3,(H,25,26)(H,27,28). The second-order valence-corrected chi connectivity index (χ2v) is 7.27. The fourth-order valence-electron chi connectivity index (χ4n) is 3.56. The lowest BCUT2D eigenvalue weighted by Crippen LogP contribution is -1.99. The summed E-state index contributed by atoms with van der Waals surface area (Å²) in [5, 5.41) is 18.7. The van der Waals surface area contributed by atoms with E-state index in [1.165, 1.54) is 0 Å². The summed E-state index contributed by atoms with van der Waals surface area (Å²) in [6.07, 6.45) is 0. The van der Waals surface area contributed by atoms with Crippen molar-refractivity contribution in [2.24, 2.45) is 0 Å². The second-order valence-electron chi connectivity index (χ2n) is 7.27. The highest BCUT2D eigenvalue weighted by Gasteiger charge is 2.13. The van der Waals surface area contributed by atoms with Crippen molar-refractivity contribution < 1.29 is 19.8 Å². The van der Waals surface area contributed by atoms with E-state index in [4.69, 9.17) is 0 Å². The Bertz CT molecular complexity index is 1020. The zero-order valence-corrected chi connectivity index (χ0v) is 16.3. The van der Waals surface area contributed by atoms with Gasteiger partial charge in [-0.3, -0.25) is 0 Å². The highest BCUT2D eigenvalue weighted by Crippen LogP contribution is 2.33. The molecule has 0 saturated carbocycles. The lowest BCUT2D eigenvalue weighted by Gasteiger charge is -2.15. The van der Waals surface area contributed by atoms with Crippen LogP contribution in [0.2, 0.25) is 0 Å². The average Bonchev–Trinajstić information content (AvgIpc) is 2.62. The van der Waals surface area contributed by atoms with Crippen LogP contribution in [0.3, 0.4) is 0 Å². The number of carbonyl (C=O) groups is 2. The van der Waals surface area contributed by atoms with Gasteiger partial charge < -0.3 is 10.2 Å². The maximum absolute atomic E-state index is 11.4. The molecule has 0 aromatic heterocycles. The molecule has 3 aromatic carbocycles. The van der Waals surface area contributed by atoms with Gasteiger partial charge in [0.1, 0.15) is 0 Å². The molecule has 0 aliphatic rings. The molecule has 0 aliphatic heterocycles. The summed E-state index contributed by atoms with van der Waals surface area (Å²) >= 11 is 0. The monoisotopic (exact) mass is 374 g/mol. The Morgan fingerprint density at radius 3 is 1.25 bits per heavy atom. The van der Waals surface area contributed by atoms with Gasteiger partial charge in [0, 0.05) is 0 Å². The molecule has 28 heavy (non-hydrogen) atoms. The van der Waals surface area contributed by atoms with Crippen LogP contribution >= 0.6 is 0 Å². The van der Waals surface area contributed by atoms with Gasteiger partial charge in [-0.15, -0.1) is 0 Å². The highest BCUT2D eigenvalue weighted by molar-refractivity contribution is 5.91. The summed E-state index contributed by atoms with van der Waals surface area (Å²) in [7, 11) is 0. The Balaban J connectivity index is 2.15. The molecule has 3 aromatic rings. The zero-order valence-electron chi connectivity index (χ0n) is 16.3. The molecule has 0 radical (unpaired) electrons. The molecule has 0 heterocycles. The van der Waals surface area contributed by atoms with E-state index in [1.54, 1.807) is 24.3 Å². The van der Waals surface area contributed by atoms with Crippen LogP contribution in [-0.4, -0.2) is 22.2 Å². The number of benzene rings is 3. The number of aromatic carboxylic acids is 2. The molecule has 142 valence electrons. The van der Waals surface area contributed by atoms with Gasteiger partial charge in [0.2, 0.25) is 0 Å². The van der Waals surface area contributed by atoms with Gasteiger partial charge in [0.25, 0.3) is 0 Å². The average molecular weight is 374 g/mol. The minimum atomic E-state index is -0.947. The van der Waals surface area contributed by atoms with Gasteiger partial charge in [0.05, 0.1) is 11.1 Å². The van der Waals surface area contributed by atoms with Crippen LogP contribution in [0.25, 0.3) is 22.3 Å². The smallest absolute Gasteiger partial charge is 0.335 e. The number of hydrogen-bond donors (Lipinski definition) is 2. The predicted octanol–water partition coefficient (Wildman–Crippen LogP) is 5.65. The summed E-state index contributed by atoms with van der Waals surface area (Å²) < 4.78 is 0. The van der Waals surface area contributed by atoms with Crippen LogP contribution in [0.15, 0.2) is 48.5 Å². The van der Waals surface area contributed by atoms with Gasteiger partial charge in [0.15, 0.2) is 0 Å². The first-order chi connectivity index (χ1) is 13.2. The normalized spacial score (nSPS) is 10.7. The SMILES string of the molecule is Cc1cc(C(=O)O)cc(-c2cc(C)c(-c3cc(C)cc(C(=O)O)c3)cc2C)c1. The van der Waals surface area contributed by atoms with Crippen molar-refractivity contribution >= 4 is 11.9 Å². The van der Waals surface area contributed by atoms with Crippen LogP contribution < -0.4 is 0 Å². The van der Waals surface area contributed by atoms with Crippen molar-refractivity contribution in [2.75, 3.05) is 0 Å². The van der Waals surface area contributed by atoms with E-state index in [9.17, 15) is 19.8 Å². The van der Waals surface area contributed by atoms with Crippen molar-refractivity contribution in [1.29, 1.82) is 0 Å². The van der Waals surface area contributed by atoms with E-state index in [1.807, 2.05) is 52.0 Å². The van der Waals surface area contributed by atoms with Crippen LogP contribution in [0, 0.1) is 27.7 Å². The lowest BCUT2D eigenvalue weighted by molar-refractivity contribution is 0.0686. The Morgan fingerprint density at radius 1 is 0.571 bits per heavy atom. The first kappa shape index (κ1) is 19.4. The molecule has 0 amide bonds.